The minimum Gasteiger partial charge on any atom is -0.455 e. The summed E-state index contributed by atoms with van der Waals surface area (Å²) in [5.74, 6) is 0. The van der Waals surface area contributed by atoms with E-state index in [0.717, 1.165) is 55.5 Å². The zero-order chi connectivity index (χ0) is 42.6. The minimum absolute atomic E-state index is 0.860. The van der Waals surface area contributed by atoms with Crippen LogP contribution in [0.15, 0.2) is 229 Å². The zero-order valence-corrected chi connectivity index (χ0v) is 35.9. The summed E-state index contributed by atoms with van der Waals surface area (Å²) in [6, 6.07) is 82.3. The molecule has 0 radical (unpaired) electrons. The molecular formula is C62H37NOS. The molecule has 0 amide bonds. The van der Waals surface area contributed by atoms with Crippen LogP contribution in [-0.2, 0) is 0 Å². The summed E-state index contributed by atoms with van der Waals surface area (Å²) in [6.45, 7) is 0. The molecule has 2 heterocycles. The Bertz CT molecular complexity index is 4250. The molecule has 0 spiro atoms. The van der Waals surface area contributed by atoms with E-state index in [-0.39, 0.29) is 0 Å². The van der Waals surface area contributed by atoms with Crippen LogP contribution in [0, 0.1) is 0 Å². The molecular weight excluding hydrogens is 807 g/mol. The first-order valence-corrected chi connectivity index (χ1v) is 23.0. The maximum absolute atomic E-state index is 6.98. The molecule has 0 saturated carbocycles. The van der Waals surface area contributed by atoms with Crippen LogP contribution in [0.3, 0.4) is 0 Å². The van der Waals surface area contributed by atoms with Crippen LogP contribution in [-0.4, -0.2) is 0 Å². The van der Waals surface area contributed by atoms with Crippen LogP contribution < -0.4 is 4.90 Å². The third-order valence-electron chi connectivity index (χ3n) is 13.6. The molecule has 0 unspecified atom stereocenters. The Kier molecular flexibility index (Phi) is 7.89. The average molecular weight is 844 g/mol. The molecule has 0 N–H and O–H groups in total. The lowest BCUT2D eigenvalue weighted by molar-refractivity contribution is 0.673. The average Bonchev–Trinajstić information content (AvgIpc) is 3.95. The molecule has 65 heavy (non-hydrogen) atoms. The summed E-state index contributed by atoms with van der Waals surface area (Å²) in [4.78, 5) is 2.39. The molecule has 2 nitrogen and oxygen atoms in total. The molecule has 0 aliphatic carbocycles. The van der Waals surface area contributed by atoms with Gasteiger partial charge in [-0.3, -0.25) is 0 Å². The van der Waals surface area contributed by atoms with E-state index < -0.39 is 0 Å². The first-order chi connectivity index (χ1) is 32.2. The summed E-state index contributed by atoms with van der Waals surface area (Å²) < 4.78 is 9.59. The number of nitrogens with zero attached hydrogens (tertiary/aromatic N) is 1. The number of fused-ring (bicyclic) bond motifs is 16. The third-order valence-corrected chi connectivity index (χ3v) is 14.7. The second-order valence-electron chi connectivity index (χ2n) is 17.2. The Labute approximate surface area is 378 Å². The lowest BCUT2D eigenvalue weighted by Crippen LogP contribution is -2.10. The number of anilines is 3. The van der Waals surface area contributed by atoms with Crippen LogP contribution in [0.25, 0.3) is 118 Å². The van der Waals surface area contributed by atoms with Gasteiger partial charge in [0.2, 0.25) is 0 Å². The number of thiophene rings is 1. The Morgan fingerprint density at radius 3 is 1.75 bits per heavy atom. The quantitative estimate of drug-likeness (QED) is 0.161. The smallest absolute Gasteiger partial charge is 0.143 e. The molecule has 14 aromatic rings. The number of hydrogen-bond donors (Lipinski definition) is 0. The first kappa shape index (κ1) is 36.3. The van der Waals surface area contributed by atoms with Gasteiger partial charge in [-0.2, -0.15) is 0 Å². The maximum Gasteiger partial charge on any atom is 0.143 e. The summed E-state index contributed by atoms with van der Waals surface area (Å²) in [5, 5.41) is 17.2. The van der Waals surface area contributed by atoms with E-state index >= 15 is 0 Å². The predicted molar refractivity (Wildman–Crippen MR) is 280 cm³/mol. The van der Waals surface area contributed by atoms with Crippen molar-refractivity contribution in [1.29, 1.82) is 0 Å². The van der Waals surface area contributed by atoms with Crippen molar-refractivity contribution in [2.24, 2.45) is 0 Å². The number of benzene rings is 12. The second kappa shape index (κ2) is 14.1. The second-order valence-corrected chi connectivity index (χ2v) is 18.3. The van der Waals surface area contributed by atoms with Gasteiger partial charge in [0.15, 0.2) is 0 Å². The fourth-order valence-electron chi connectivity index (χ4n) is 10.6. The molecule has 14 rings (SSSR count). The molecule has 0 bridgehead atoms. The highest BCUT2D eigenvalue weighted by Crippen LogP contribution is 2.47. The van der Waals surface area contributed by atoms with Gasteiger partial charge in [0.05, 0.1) is 0 Å². The maximum atomic E-state index is 6.98. The minimum atomic E-state index is 0.860. The van der Waals surface area contributed by atoms with Crippen LogP contribution in [0.5, 0.6) is 0 Å². The first-order valence-electron chi connectivity index (χ1n) is 22.2. The Balaban J connectivity index is 1.04. The van der Waals surface area contributed by atoms with Gasteiger partial charge in [0.25, 0.3) is 0 Å². The molecule has 0 aliphatic heterocycles. The normalized spacial score (nSPS) is 12.0. The molecule has 0 aliphatic rings. The highest BCUT2D eigenvalue weighted by atomic mass is 32.1. The molecule has 3 heteroatoms. The van der Waals surface area contributed by atoms with Crippen LogP contribution in [0.4, 0.5) is 17.1 Å². The fourth-order valence-corrected chi connectivity index (χ4v) is 11.7. The van der Waals surface area contributed by atoms with Crippen molar-refractivity contribution < 1.29 is 4.42 Å². The largest absolute Gasteiger partial charge is 0.455 e. The van der Waals surface area contributed by atoms with Gasteiger partial charge >= 0.3 is 0 Å². The van der Waals surface area contributed by atoms with Crippen molar-refractivity contribution in [1.82, 2.24) is 0 Å². The third kappa shape index (κ3) is 5.59. The Morgan fingerprint density at radius 1 is 0.308 bits per heavy atom. The van der Waals surface area contributed by atoms with Gasteiger partial charge in [0.1, 0.15) is 11.2 Å². The predicted octanol–water partition coefficient (Wildman–Crippen LogP) is 18.5. The van der Waals surface area contributed by atoms with Crippen molar-refractivity contribution in [2.45, 2.75) is 0 Å². The molecule has 2 aromatic heterocycles. The fraction of sp³-hybridized carbons (Fsp3) is 0. The molecule has 12 aromatic carbocycles. The van der Waals surface area contributed by atoms with E-state index in [1.165, 1.54) is 79.8 Å². The van der Waals surface area contributed by atoms with Gasteiger partial charge in [-0.25, -0.2) is 0 Å². The van der Waals surface area contributed by atoms with Crippen LogP contribution in [0.1, 0.15) is 0 Å². The molecule has 0 atom stereocenters. The van der Waals surface area contributed by atoms with Crippen molar-refractivity contribution in [3.63, 3.8) is 0 Å². The lowest BCUT2D eigenvalue weighted by atomic mass is 9.91. The SMILES string of the molecule is c1ccc(N(c2cc(-c3ccc4sc5ccc6ccccc6c5c4c3)cc(-c3cc4ccccc4c4ccccc34)c2)c2ccc3c(c2)oc2c4ccccc4c4ccccc4c32)cc1. The van der Waals surface area contributed by atoms with Gasteiger partial charge in [-0.05, 0) is 137 Å². The van der Waals surface area contributed by atoms with E-state index in [1.807, 2.05) is 11.3 Å². The summed E-state index contributed by atoms with van der Waals surface area (Å²) >= 11 is 1.87. The number of hydrogen-bond acceptors (Lipinski definition) is 3. The van der Waals surface area contributed by atoms with Crippen molar-refractivity contribution in [3.8, 4) is 22.3 Å². The molecule has 302 valence electrons. The van der Waals surface area contributed by atoms with Crippen molar-refractivity contribution >= 4 is 124 Å². The number of para-hydroxylation sites is 1. The number of rotatable bonds is 5. The van der Waals surface area contributed by atoms with E-state index in [0.29, 0.717) is 0 Å². The molecule has 0 saturated heterocycles. The Morgan fingerprint density at radius 2 is 0.938 bits per heavy atom. The topological polar surface area (TPSA) is 16.4 Å². The summed E-state index contributed by atoms with van der Waals surface area (Å²) in [5.41, 5.74) is 9.63. The Hall–Kier alpha value is -8.24. The van der Waals surface area contributed by atoms with Crippen LogP contribution in [0.2, 0.25) is 0 Å². The zero-order valence-electron chi connectivity index (χ0n) is 35.1. The number of furan rings is 1. The van der Waals surface area contributed by atoms with Gasteiger partial charge < -0.3 is 9.32 Å². The molecule has 0 fully saturated rings. The highest BCUT2D eigenvalue weighted by Gasteiger charge is 2.21. The van der Waals surface area contributed by atoms with Crippen molar-refractivity contribution in [3.05, 3.63) is 224 Å². The van der Waals surface area contributed by atoms with Gasteiger partial charge in [0, 0.05) is 59.5 Å². The van der Waals surface area contributed by atoms with Crippen molar-refractivity contribution in [2.75, 3.05) is 4.90 Å². The van der Waals surface area contributed by atoms with E-state index in [2.05, 4.69) is 229 Å². The van der Waals surface area contributed by atoms with Crippen LogP contribution >= 0.6 is 11.3 Å². The van der Waals surface area contributed by atoms with Gasteiger partial charge in [-0.1, -0.05) is 152 Å². The summed E-state index contributed by atoms with van der Waals surface area (Å²) in [7, 11) is 0. The van der Waals surface area contributed by atoms with Gasteiger partial charge in [-0.15, -0.1) is 11.3 Å². The monoisotopic (exact) mass is 843 g/mol. The van der Waals surface area contributed by atoms with E-state index in [1.54, 1.807) is 0 Å². The lowest BCUT2D eigenvalue weighted by Gasteiger charge is -2.27. The summed E-state index contributed by atoms with van der Waals surface area (Å²) in [6.07, 6.45) is 0. The van der Waals surface area contributed by atoms with E-state index in [4.69, 9.17) is 4.42 Å². The van der Waals surface area contributed by atoms with E-state index in [9.17, 15) is 0 Å². The standard InChI is InChI=1S/C62H37NOS/c1-2-16-43(17-3-1)63(44-28-29-54-57(37-44)64-62-53-25-13-11-22-50(53)49-21-10-12-24-52(49)61(54)62)45-33-41(32-42(34-45)55-36-40-15-5-6-18-46(40)48-20-8-9-23-51(48)55)39-27-30-58-56(35-39)60-47-19-7-4-14-38(47)26-31-59(60)65-58/h1-37H. The highest BCUT2D eigenvalue weighted by molar-refractivity contribution is 7.26.